The van der Waals surface area contributed by atoms with Crippen LogP contribution in [0.5, 0.6) is 0 Å². The second kappa shape index (κ2) is 9.76. The third kappa shape index (κ3) is 3.39. The Hall–Kier alpha value is -6.00. The number of fused-ring (bicyclic) bond motifs is 11. The van der Waals surface area contributed by atoms with Gasteiger partial charge in [0.1, 0.15) is 5.41 Å². The highest BCUT2D eigenvalue weighted by Crippen LogP contribution is 2.63. The summed E-state index contributed by atoms with van der Waals surface area (Å²) in [6, 6.07) is 52.7. The maximum Gasteiger partial charge on any atom is 0.110 e. The summed E-state index contributed by atoms with van der Waals surface area (Å²) < 4.78 is 0. The lowest BCUT2D eigenvalue weighted by molar-refractivity contribution is 0.632. The number of rotatable bonds is 2. The fourth-order valence-corrected chi connectivity index (χ4v) is 8.69. The Balaban J connectivity index is 1.33. The molecule has 48 heavy (non-hydrogen) atoms. The largest absolute Gasteiger partial charge is 0.310 e. The molecule has 2 aliphatic heterocycles. The van der Waals surface area contributed by atoms with E-state index in [9.17, 15) is 0 Å². The highest BCUT2D eigenvalue weighted by Gasteiger charge is 2.54. The molecule has 0 N–H and O–H groups in total. The average molecular weight is 617 g/mol. The summed E-state index contributed by atoms with van der Waals surface area (Å²) in [7, 11) is 0. The monoisotopic (exact) mass is 616 g/mol. The first-order valence-corrected chi connectivity index (χ1v) is 16.6. The van der Waals surface area contributed by atoms with Crippen LogP contribution in [0.3, 0.4) is 0 Å². The van der Waals surface area contributed by atoms with E-state index in [1.807, 2.05) is 24.5 Å². The molecule has 0 fully saturated rings. The molecule has 1 spiro atoms. The van der Waals surface area contributed by atoms with Crippen molar-refractivity contribution in [3.8, 4) is 11.1 Å². The van der Waals surface area contributed by atoms with Gasteiger partial charge in [-0.3, -0.25) is 9.97 Å². The molecule has 0 saturated carbocycles. The molecule has 4 heterocycles. The Morgan fingerprint density at radius 3 is 1.50 bits per heavy atom. The summed E-state index contributed by atoms with van der Waals surface area (Å²) >= 11 is 0. The van der Waals surface area contributed by atoms with E-state index in [1.165, 1.54) is 33.6 Å². The summed E-state index contributed by atoms with van der Waals surface area (Å²) in [6.07, 6.45) is 3.86. The van der Waals surface area contributed by atoms with Crippen LogP contribution in [-0.2, 0) is 10.8 Å². The van der Waals surface area contributed by atoms with E-state index in [4.69, 9.17) is 9.97 Å². The van der Waals surface area contributed by atoms with Crippen molar-refractivity contribution in [2.24, 2.45) is 0 Å². The average Bonchev–Trinajstić information content (AvgIpc) is 3.43. The molecule has 0 saturated heterocycles. The van der Waals surface area contributed by atoms with Gasteiger partial charge in [0, 0.05) is 45.9 Å². The topological polar surface area (TPSA) is 32.3 Å². The Morgan fingerprint density at radius 1 is 0.417 bits per heavy atom. The summed E-state index contributed by atoms with van der Waals surface area (Å²) in [5, 5.41) is 0. The fourth-order valence-electron chi connectivity index (χ4n) is 8.69. The predicted molar refractivity (Wildman–Crippen MR) is 194 cm³/mol. The third-order valence-corrected chi connectivity index (χ3v) is 10.7. The molecule has 0 unspecified atom stereocenters. The van der Waals surface area contributed by atoms with Crippen LogP contribution >= 0.6 is 0 Å². The van der Waals surface area contributed by atoms with Gasteiger partial charge in [-0.25, -0.2) is 0 Å². The number of hydrogen-bond acceptors (Lipinski definition) is 4. The van der Waals surface area contributed by atoms with Crippen molar-refractivity contribution in [3.05, 3.63) is 192 Å². The van der Waals surface area contributed by atoms with Crippen LogP contribution in [0.25, 0.3) is 11.1 Å². The summed E-state index contributed by atoms with van der Waals surface area (Å²) in [5.74, 6) is 0. The first-order chi connectivity index (χ1) is 23.6. The van der Waals surface area contributed by atoms with Crippen molar-refractivity contribution in [1.29, 1.82) is 0 Å². The molecular weight excluding hydrogens is 585 g/mol. The van der Waals surface area contributed by atoms with E-state index in [1.54, 1.807) is 0 Å². The lowest BCUT2D eigenvalue weighted by Gasteiger charge is -2.45. The maximum absolute atomic E-state index is 5.21. The zero-order valence-corrected chi connectivity index (χ0v) is 26.8. The van der Waals surface area contributed by atoms with E-state index >= 15 is 0 Å². The molecule has 7 aromatic rings. The van der Waals surface area contributed by atoms with E-state index in [0.717, 1.165) is 45.3 Å². The highest BCUT2D eigenvalue weighted by atomic mass is 15.2. The normalized spacial score (nSPS) is 15.5. The SMILES string of the molecule is CC1(C)c2ccccc2N(c2ccc3c(c2)C2(c4ccccc4N3c3ccccc3)c3ncccc3-c3cccnc32)c2ccccc21. The van der Waals surface area contributed by atoms with Crippen LogP contribution in [0, 0.1) is 0 Å². The number of para-hydroxylation sites is 4. The Morgan fingerprint density at radius 2 is 0.896 bits per heavy atom. The summed E-state index contributed by atoms with van der Waals surface area (Å²) in [4.78, 5) is 15.3. The van der Waals surface area contributed by atoms with E-state index < -0.39 is 5.41 Å². The lowest BCUT2D eigenvalue weighted by atomic mass is 9.67. The van der Waals surface area contributed by atoms with E-state index in [-0.39, 0.29) is 5.41 Å². The van der Waals surface area contributed by atoms with Gasteiger partial charge in [-0.1, -0.05) is 98.8 Å². The van der Waals surface area contributed by atoms with Crippen LogP contribution in [0.2, 0.25) is 0 Å². The quantitative estimate of drug-likeness (QED) is 0.193. The molecule has 3 aliphatic rings. The van der Waals surface area contributed by atoms with E-state index in [2.05, 4.69) is 157 Å². The van der Waals surface area contributed by atoms with Gasteiger partial charge in [-0.15, -0.1) is 0 Å². The number of anilines is 6. The van der Waals surface area contributed by atoms with Crippen LogP contribution in [0.15, 0.2) is 158 Å². The molecule has 1 aliphatic carbocycles. The van der Waals surface area contributed by atoms with Gasteiger partial charge in [0.2, 0.25) is 0 Å². The number of hydrogen-bond donors (Lipinski definition) is 0. The van der Waals surface area contributed by atoms with Crippen molar-refractivity contribution in [1.82, 2.24) is 9.97 Å². The van der Waals surface area contributed by atoms with Crippen LogP contribution < -0.4 is 9.80 Å². The van der Waals surface area contributed by atoms with Gasteiger partial charge < -0.3 is 9.80 Å². The standard InChI is InChI=1S/C44H32N4/c1-43(2)33-18-6-9-21-37(33)48(38-22-10-7-19-34(38)43)30-24-25-40-36(28-30)44(41-31(16-12-26-45-41)32-17-13-27-46-42(32)44)35-20-8-11-23-39(35)47(40)29-14-4-3-5-15-29/h3-28H,1-2H3. The molecule has 228 valence electrons. The predicted octanol–water partition coefficient (Wildman–Crippen LogP) is 10.7. The molecule has 10 rings (SSSR count). The minimum Gasteiger partial charge on any atom is -0.310 e. The number of nitrogens with zero attached hydrogens (tertiary/aromatic N) is 4. The molecule has 0 amide bonds. The third-order valence-electron chi connectivity index (χ3n) is 10.7. The second-order valence-corrected chi connectivity index (χ2v) is 13.4. The molecule has 0 atom stereocenters. The fraction of sp³-hybridized carbons (Fsp3) is 0.0909. The minimum atomic E-state index is -0.714. The van der Waals surface area contributed by atoms with Gasteiger partial charge in [-0.05, 0) is 77.4 Å². The van der Waals surface area contributed by atoms with Gasteiger partial charge in [0.05, 0.1) is 34.1 Å². The van der Waals surface area contributed by atoms with Crippen molar-refractivity contribution in [3.63, 3.8) is 0 Å². The smallest absolute Gasteiger partial charge is 0.110 e. The number of aromatic nitrogens is 2. The molecule has 0 radical (unpaired) electrons. The van der Waals surface area contributed by atoms with Gasteiger partial charge in [0.25, 0.3) is 0 Å². The minimum absolute atomic E-state index is 0.140. The van der Waals surface area contributed by atoms with Gasteiger partial charge in [-0.2, -0.15) is 0 Å². The van der Waals surface area contributed by atoms with Crippen LogP contribution in [0.1, 0.15) is 47.5 Å². The highest BCUT2D eigenvalue weighted by molar-refractivity contribution is 5.96. The zero-order valence-electron chi connectivity index (χ0n) is 26.8. The van der Waals surface area contributed by atoms with Crippen molar-refractivity contribution < 1.29 is 0 Å². The van der Waals surface area contributed by atoms with Crippen molar-refractivity contribution in [2.75, 3.05) is 9.80 Å². The Bertz CT molecular complexity index is 2320. The number of pyridine rings is 2. The van der Waals surface area contributed by atoms with Gasteiger partial charge in [0.15, 0.2) is 0 Å². The number of benzene rings is 5. The first-order valence-electron chi connectivity index (χ1n) is 16.6. The molecule has 4 nitrogen and oxygen atoms in total. The Kier molecular flexibility index (Phi) is 5.52. The molecule has 4 heteroatoms. The van der Waals surface area contributed by atoms with Crippen LogP contribution in [0.4, 0.5) is 34.1 Å². The second-order valence-electron chi connectivity index (χ2n) is 13.4. The maximum atomic E-state index is 5.21. The van der Waals surface area contributed by atoms with Crippen molar-refractivity contribution in [2.45, 2.75) is 24.7 Å². The molecule has 0 bridgehead atoms. The first kappa shape index (κ1) is 27.1. The molecule has 2 aromatic heterocycles. The molecular formula is C44H32N4. The summed E-state index contributed by atoms with van der Waals surface area (Å²) in [6.45, 7) is 4.67. The summed E-state index contributed by atoms with van der Waals surface area (Å²) in [5.41, 5.74) is 15.3. The van der Waals surface area contributed by atoms with E-state index in [0.29, 0.717) is 0 Å². The molecule has 5 aromatic carbocycles. The van der Waals surface area contributed by atoms with Crippen LogP contribution in [-0.4, -0.2) is 9.97 Å². The Labute approximate surface area is 280 Å². The lowest BCUT2D eigenvalue weighted by Crippen LogP contribution is -2.37. The van der Waals surface area contributed by atoms with Gasteiger partial charge >= 0.3 is 0 Å². The van der Waals surface area contributed by atoms with Crippen molar-refractivity contribution >= 4 is 34.1 Å². The zero-order chi connectivity index (χ0) is 32.0.